The number of rotatable bonds is 4. The molecule has 10 heteroatoms. The summed E-state index contributed by atoms with van der Waals surface area (Å²) in [5.74, 6) is 0.597. The molecule has 0 saturated carbocycles. The van der Waals surface area contributed by atoms with Crippen LogP contribution in [0.4, 0.5) is 11.6 Å². The van der Waals surface area contributed by atoms with Crippen LogP contribution < -0.4 is 9.62 Å². The van der Waals surface area contributed by atoms with Gasteiger partial charge in [-0.25, -0.2) is 18.4 Å². The van der Waals surface area contributed by atoms with E-state index >= 15 is 0 Å². The van der Waals surface area contributed by atoms with Crippen LogP contribution in [0.2, 0.25) is 0 Å². The van der Waals surface area contributed by atoms with Crippen LogP contribution in [0.5, 0.6) is 0 Å². The summed E-state index contributed by atoms with van der Waals surface area (Å²) >= 11 is 0. The Bertz CT molecular complexity index is 909. The second kappa shape index (κ2) is 6.84. The third-order valence-corrected chi connectivity index (χ3v) is 6.10. The van der Waals surface area contributed by atoms with Crippen molar-refractivity contribution in [2.45, 2.75) is 32.6 Å². The Morgan fingerprint density at radius 1 is 1.00 bits per heavy atom. The fraction of sp³-hybridized carbons (Fsp3) is 0.562. The van der Waals surface area contributed by atoms with Crippen molar-refractivity contribution in [3.8, 4) is 0 Å². The maximum atomic E-state index is 12.9. The first-order valence-corrected chi connectivity index (χ1v) is 9.90. The average Bonchev–Trinajstić information content (AvgIpc) is 2.84. The molecule has 2 aromatic rings. The Balaban J connectivity index is 1.94. The van der Waals surface area contributed by atoms with E-state index < -0.39 is 10.0 Å². The molecule has 0 atom stereocenters. The lowest BCUT2D eigenvalue weighted by molar-refractivity contribution is 0.122. The Morgan fingerprint density at radius 2 is 1.58 bits per heavy atom. The molecule has 3 rings (SSSR count). The van der Waals surface area contributed by atoms with Gasteiger partial charge in [0.2, 0.25) is 5.95 Å². The molecule has 142 valence electrons. The lowest BCUT2D eigenvalue weighted by atomic mass is 10.3. The number of sulfonamides is 1. The SMILES string of the molecule is Cc1nc(N2CCOCC2)nc(C)c1NS(=O)(=O)c1c(C)nn(C)c1C. The van der Waals surface area contributed by atoms with E-state index in [1.807, 2.05) is 4.90 Å². The van der Waals surface area contributed by atoms with E-state index in [9.17, 15) is 8.42 Å². The van der Waals surface area contributed by atoms with Gasteiger partial charge in [-0.2, -0.15) is 5.10 Å². The largest absolute Gasteiger partial charge is 0.378 e. The molecular formula is C16H24N6O3S. The molecule has 1 aliphatic rings. The quantitative estimate of drug-likeness (QED) is 0.847. The molecule has 1 aliphatic heterocycles. The van der Waals surface area contributed by atoms with Crippen molar-refractivity contribution in [2.24, 2.45) is 7.05 Å². The molecule has 0 radical (unpaired) electrons. The number of aryl methyl sites for hydroxylation is 4. The topological polar surface area (TPSA) is 102 Å². The summed E-state index contributed by atoms with van der Waals surface area (Å²) in [6.45, 7) is 9.67. The van der Waals surface area contributed by atoms with Crippen molar-refractivity contribution in [1.82, 2.24) is 19.7 Å². The summed E-state index contributed by atoms with van der Waals surface area (Å²) in [4.78, 5) is 11.2. The van der Waals surface area contributed by atoms with E-state index in [-0.39, 0.29) is 4.90 Å². The Labute approximate surface area is 153 Å². The minimum Gasteiger partial charge on any atom is -0.378 e. The van der Waals surface area contributed by atoms with Gasteiger partial charge in [0.05, 0.1) is 41.7 Å². The number of anilines is 2. The number of nitrogens with one attached hydrogen (secondary N) is 1. The van der Waals surface area contributed by atoms with Gasteiger partial charge in [0.25, 0.3) is 10.0 Å². The molecule has 1 N–H and O–H groups in total. The molecular weight excluding hydrogens is 356 g/mol. The predicted octanol–water partition coefficient (Wildman–Crippen LogP) is 1.08. The maximum absolute atomic E-state index is 12.9. The summed E-state index contributed by atoms with van der Waals surface area (Å²) in [5, 5.41) is 4.19. The number of ether oxygens (including phenoxy) is 1. The van der Waals surface area contributed by atoms with Crippen molar-refractivity contribution in [3.05, 3.63) is 22.8 Å². The Kier molecular flexibility index (Phi) is 4.89. The molecule has 0 amide bonds. The van der Waals surface area contributed by atoms with Gasteiger partial charge in [-0.15, -0.1) is 0 Å². The summed E-state index contributed by atoms with van der Waals surface area (Å²) in [7, 11) is -2.06. The van der Waals surface area contributed by atoms with Gasteiger partial charge >= 0.3 is 0 Å². The summed E-state index contributed by atoms with van der Waals surface area (Å²) in [5.41, 5.74) is 2.61. The number of hydrogen-bond donors (Lipinski definition) is 1. The van der Waals surface area contributed by atoms with Gasteiger partial charge < -0.3 is 9.64 Å². The molecule has 3 heterocycles. The average molecular weight is 380 g/mol. The monoisotopic (exact) mass is 380 g/mol. The van der Waals surface area contributed by atoms with Crippen molar-refractivity contribution in [2.75, 3.05) is 35.9 Å². The van der Waals surface area contributed by atoms with Crippen molar-refractivity contribution >= 4 is 21.7 Å². The van der Waals surface area contributed by atoms with Gasteiger partial charge in [0.15, 0.2) is 0 Å². The van der Waals surface area contributed by atoms with Crippen LogP contribution in [0.25, 0.3) is 0 Å². The highest BCUT2D eigenvalue weighted by molar-refractivity contribution is 7.92. The second-order valence-electron chi connectivity index (χ2n) is 6.40. The smallest absolute Gasteiger partial charge is 0.265 e. The zero-order valence-corrected chi connectivity index (χ0v) is 16.5. The molecule has 1 saturated heterocycles. The normalized spacial score (nSPS) is 15.3. The van der Waals surface area contributed by atoms with Crippen LogP contribution >= 0.6 is 0 Å². The number of morpholine rings is 1. The highest BCUT2D eigenvalue weighted by Gasteiger charge is 2.26. The zero-order valence-electron chi connectivity index (χ0n) is 15.7. The van der Waals surface area contributed by atoms with Gasteiger partial charge in [0.1, 0.15) is 4.90 Å². The van der Waals surface area contributed by atoms with Crippen LogP contribution in [-0.2, 0) is 21.8 Å². The number of aromatic nitrogens is 4. The van der Waals surface area contributed by atoms with E-state index in [1.54, 1.807) is 39.4 Å². The molecule has 0 aromatic carbocycles. The van der Waals surface area contributed by atoms with Gasteiger partial charge in [-0.05, 0) is 27.7 Å². The van der Waals surface area contributed by atoms with Gasteiger partial charge in [0, 0.05) is 20.1 Å². The number of nitrogens with zero attached hydrogens (tertiary/aromatic N) is 5. The van der Waals surface area contributed by atoms with E-state index in [1.165, 1.54) is 0 Å². The van der Waals surface area contributed by atoms with E-state index in [0.717, 1.165) is 13.1 Å². The molecule has 9 nitrogen and oxygen atoms in total. The lowest BCUT2D eigenvalue weighted by Gasteiger charge is -2.27. The first-order valence-electron chi connectivity index (χ1n) is 8.41. The third-order valence-electron chi connectivity index (χ3n) is 4.50. The highest BCUT2D eigenvalue weighted by atomic mass is 32.2. The molecule has 2 aromatic heterocycles. The van der Waals surface area contributed by atoms with Crippen LogP contribution in [0, 0.1) is 27.7 Å². The molecule has 0 spiro atoms. The first-order chi connectivity index (χ1) is 12.2. The molecule has 26 heavy (non-hydrogen) atoms. The lowest BCUT2D eigenvalue weighted by Crippen LogP contribution is -2.37. The summed E-state index contributed by atoms with van der Waals surface area (Å²) in [6.07, 6.45) is 0. The summed E-state index contributed by atoms with van der Waals surface area (Å²) < 4.78 is 35.4. The number of hydrogen-bond acceptors (Lipinski definition) is 7. The highest BCUT2D eigenvalue weighted by Crippen LogP contribution is 2.26. The van der Waals surface area contributed by atoms with E-state index in [4.69, 9.17) is 4.74 Å². The van der Waals surface area contributed by atoms with Crippen molar-refractivity contribution in [3.63, 3.8) is 0 Å². The van der Waals surface area contributed by atoms with E-state index in [0.29, 0.717) is 47.6 Å². The standard InChI is InChI=1S/C16H24N6O3S/c1-10-14(11(2)18-16(17-10)22-6-8-25-9-7-22)20-26(23,24)15-12(3)19-21(5)13(15)4/h20H,6-9H2,1-5H3. The first kappa shape index (κ1) is 18.6. The molecule has 1 fully saturated rings. The predicted molar refractivity (Wildman–Crippen MR) is 98.0 cm³/mol. The molecule has 0 bridgehead atoms. The fourth-order valence-corrected chi connectivity index (χ4v) is 4.70. The Hall–Kier alpha value is -2.20. The second-order valence-corrected chi connectivity index (χ2v) is 8.02. The van der Waals surface area contributed by atoms with Gasteiger partial charge in [-0.3, -0.25) is 9.40 Å². The molecule has 0 aliphatic carbocycles. The van der Waals surface area contributed by atoms with Crippen LogP contribution in [0.1, 0.15) is 22.8 Å². The van der Waals surface area contributed by atoms with E-state index in [2.05, 4.69) is 19.8 Å². The van der Waals surface area contributed by atoms with Crippen LogP contribution in [0.15, 0.2) is 4.90 Å². The minimum atomic E-state index is -3.78. The minimum absolute atomic E-state index is 0.191. The Morgan fingerprint density at radius 3 is 2.08 bits per heavy atom. The third kappa shape index (κ3) is 3.38. The summed E-state index contributed by atoms with van der Waals surface area (Å²) in [6, 6.07) is 0. The van der Waals surface area contributed by atoms with Crippen molar-refractivity contribution < 1.29 is 13.2 Å². The maximum Gasteiger partial charge on any atom is 0.265 e. The van der Waals surface area contributed by atoms with Crippen molar-refractivity contribution in [1.29, 1.82) is 0 Å². The zero-order chi connectivity index (χ0) is 19.1. The van der Waals surface area contributed by atoms with Crippen LogP contribution in [-0.4, -0.2) is 54.5 Å². The van der Waals surface area contributed by atoms with Crippen LogP contribution in [0.3, 0.4) is 0 Å². The van der Waals surface area contributed by atoms with Gasteiger partial charge in [-0.1, -0.05) is 0 Å². The fourth-order valence-electron chi connectivity index (χ4n) is 3.08. The molecule has 0 unspecified atom stereocenters.